The first-order valence-corrected chi connectivity index (χ1v) is 13.3. The lowest BCUT2D eigenvalue weighted by Gasteiger charge is -2.20. The lowest BCUT2D eigenvalue weighted by atomic mass is 10.1. The summed E-state index contributed by atoms with van der Waals surface area (Å²) >= 11 is 12.2. The Morgan fingerprint density at radius 2 is 1.79 bits per heavy atom. The van der Waals surface area contributed by atoms with Crippen molar-refractivity contribution < 1.29 is 13.2 Å². The van der Waals surface area contributed by atoms with Gasteiger partial charge in [0.15, 0.2) is 0 Å². The molecule has 0 fully saturated rings. The van der Waals surface area contributed by atoms with Crippen LogP contribution < -0.4 is 5.32 Å². The molecule has 0 unspecified atom stereocenters. The first-order valence-electron chi connectivity index (χ1n) is 11.1. The van der Waals surface area contributed by atoms with Crippen LogP contribution in [0.4, 0.5) is 0 Å². The molecule has 34 heavy (non-hydrogen) atoms. The standard InChI is InChI=1S/C24H30Cl2N4O3S/c1-17-20(25)11-12-21(23(17)26)34(32,33)30(3)15-5-4-6-22(31)29(2)16-18-7-9-19(10-8-18)24-27-13-14-28-24/h7-12H,4-6,13-16H2,1-3H3,(H,27,28). The van der Waals surface area contributed by atoms with Crippen LogP contribution in [0.15, 0.2) is 46.3 Å². The number of amides is 1. The number of nitrogens with zero attached hydrogens (tertiary/aromatic N) is 3. The number of hydrogen-bond donors (Lipinski definition) is 1. The Hall–Kier alpha value is -2.13. The second-order valence-corrected chi connectivity index (χ2v) is 11.2. The summed E-state index contributed by atoms with van der Waals surface area (Å²) in [7, 11) is -0.450. The van der Waals surface area contributed by atoms with Crippen molar-refractivity contribution >= 4 is 45.0 Å². The van der Waals surface area contributed by atoms with Gasteiger partial charge >= 0.3 is 0 Å². The minimum Gasteiger partial charge on any atom is -0.368 e. The lowest BCUT2D eigenvalue weighted by molar-refractivity contribution is -0.130. The van der Waals surface area contributed by atoms with Crippen LogP contribution >= 0.6 is 23.2 Å². The van der Waals surface area contributed by atoms with E-state index in [0.29, 0.717) is 36.4 Å². The Morgan fingerprint density at radius 1 is 1.09 bits per heavy atom. The van der Waals surface area contributed by atoms with Gasteiger partial charge in [-0.05, 0) is 43.0 Å². The molecule has 0 radical (unpaired) electrons. The van der Waals surface area contributed by atoms with E-state index in [2.05, 4.69) is 10.3 Å². The van der Waals surface area contributed by atoms with Crippen molar-refractivity contribution in [2.45, 2.75) is 37.6 Å². The average Bonchev–Trinajstić information content (AvgIpc) is 3.35. The highest BCUT2D eigenvalue weighted by Gasteiger charge is 2.25. The van der Waals surface area contributed by atoms with Gasteiger partial charge in [-0.2, -0.15) is 0 Å². The Kier molecular flexibility index (Phi) is 8.98. The molecule has 3 rings (SSSR count). The van der Waals surface area contributed by atoms with Gasteiger partial charge in [0.1, 0.15) is 10.7 Å². The van der Waals surface area contributed by atoms with E-state index in [1.54, 1.807) is 18.9 Å². The molecule has 184 valence electrons. The topological polar surface area (TPSA) is 82.1 Å². The SMILES string of the molecule is Cc1c(Cl)ccc(S(=O)(=O)N(C)CCCCC(=O)N(C)Cc2ccc(C3=NCCN3)cc2)c1Cl. The molecule has 0 saturated heterocycles. The number of sulfonamides is 1. The molecule has 2 aromatic carbocycles. The zero-order chi connectivity index (χ0) is 24.9. The summed E-state index contributed by atoms with van der Waals surface area (Å²) < 4.78 is 27.0. The first kappa shape index (κ1) is 26.5. The van der Waals surface area contributed by atoms with Gasteiger partial charge in [-0.1, -0.05) is 47.5 Å². The van der Waals surface area contributed by atoms with Crippen LogP contribution in [0.25, 0.3) is 0 Å². The highest BCUT2D eigenvalue weighted by Crippen LogP contribution is 2.31. The Bertz CT molecular complexity index is 1170. The third-order valence-corrected chi connectivity index (χ3v) is 8.74. The molecule has 1 N–H and O–H groups in total. The average molecular weight is 526 g/mol. The van der Waals surface area contributed by atoms with E-state index in [1.165, 1.54) is 23.5 Å². The van der Waals surface area contributed by atoms with Gasteiger partial charge in [-0.15, -0.1) is 0 Å². The van der Waals surface area contributed by atoms with Gasteiger partial charge in [0, 0.05) is 50.7 Å². The number of hydrogen-bond acceptors (Lipinski definition) is 5. The fraction of sp³-hybridized carbons (Fsp3) is 0.417. The summed E-state index contributed by atoms with van der Waals surface area (Å²) in [5, 5.41) is 3.80. The predicted molar refractivity (Wildman–Crippen MR) is 137 cm³/mol. The van der Waals surface area contributed by atoms with E-state index < -0.39 is 10.0 Å². The molecule has 1 aliphatic rings. The number of nitrogens with one attached hydrogen (secondary N) is 1. The first-order chi connectivity index (χ1) is 16.1. The molecule has 0 aromatic heterocycles. The number of rotatable bonds is 10. The third-order valence-electron chi connectivity index (χ3n) is 5.83. The lowest BCUT2D eigenvalue weighted by Crippen LogP contribution is -2.29. The maximum absolute atomic E-state index is 12.9. The normalized spacial score (nSPS) is 13.6. The molecule has 10 heteroatoms. The van der Waals surface area contributed by atoms with Crippen molar-refractivity contribution in [3.8, 4) is 0 Å². The van der Waals surface area contributed by atoms with E-state index in [-0.39, 0.29) is 22.4 Å². The molecule has 0 saturated carbocycles. The Morgan fingerprint density at radius 3 is 2.44 bits per heavy atom. The summed E-state index contributed by atoms with van der Waals surface area (Å²) in [4.78, 5) is 18.7. The molecule has 0 bridgehead atoms. The van der Waals surface area contributed by atoms with Crippen LogP contribution in [0.3, 0.4) is 0 Å². The molecule has 2 aromatic rings. The van der Waals surface area contributed by atoms with Gasteiger partial charge in [-0.25, -0.2) is 12.7 Å². The van der Waals surface area contributed by atoms with Crippen molar-refractivity contribution in [3.05, 3.63) is 63.1 Å². The predicted octanol–water partition coefficient (Wildman–Crippen LogP) is 4.10. The maximum Gasteiger partial charge on any atom is 0.244 e. The molecule has 7 nitrogen and oxygen atoms in total. The van der Waals surface area contributed by atoms with Gasteiger partial charge in [-0.3, -0.25) is 9.79 Å². The fourth-order valence-electron chi connectivity index (χ4n) is 3.65. The number of aliphatic imine (C=N–C) groups is 1. The number of carbonyl (C=O) groups is 1. The number of carbonyl (C=O) groups excluding carboxylic acids is 1. The molecule has 1 heterocycles. The summed E-state index contributed by atoms with van der Waals surface area (Å²) in [6.45, 7) is 4.15. The Balaban J connectivity index is 1.45. The third kappa shape index (κ3) is 6.30. The van der Waals surface area contributed by atoms with Crippen molar-refractivity contribution in [1.29, 1.82) is 0 Å². The molecule has 1 amide bonds. The van der Waals surface area contributed by atoms with Crippen molar-refractivity contribution in [2.24, 2.45) is 4.99 Å². The summed E-state index contributed by atoms with van der Waals surface area (Å²) in [6, 6.07) is 11.0. The zero-order valence-electron chi connectivity index (χ0n) is 19.6. The molecular weight excluding hydrogens is 495 g/mol. The zero-order valence-corrected chi connectivity index (χ0v) is 22.0. The smallest absolute Gasteiger partial charge is 0.244 e. The summed E-state index contributed by atoms with van der Waals surface area (Å²) in [6.07, 6.45) is 1.49. The second-order valence-electron chi connectivity index (χ2n) is 8.37. The van der Waals surface area contributed by atoms with Crippen LogP contribution in [-0.2, 0) is 21.4 Å². The van der Waals surface area contributed by atoms with Crippen molar-refractivity contribution in [3.63, 3.8) is 0 Å². The van der Waals surface area contributed by atoms with Crippen LogP contribution in [0.5, 0.6) is 0 Å². The van der Waals surface area contributed by atoms with Crippen molar-refractivity contribution in [2.75, 3.05) is 33.7 Å². The van der Waals surface area contributed by atoms with E-state index in [1.807, 2.05) is 24.3 Å². The van der Waals surface area contributed by atoms with E-state index in [9.17, 15) is 13.2 Å². The number of amidine groups is 1. The molecular formula is C24H30Cl2N4O3S. The molecule has 1 aliphatic heterocycles. The minimum absolute atomic E-state index is 0.0211. The highest BCUT2D eigenvalue weighted by atomic mass is 35.5. The van der Waals surface area contributed by atoms with Gasteiger partial charge < -0.3 is 10.2 Å². The molecule has 0 spiro atoms. The number of unbranched alkanes of at least 4 members (excludes halogenated alkanes) is 1. The van der Waals surface area contributed by atoms with E-state index >= 15 is 0 Å². The number of benzene rings is 2. The molecule has 0 atom stereocenters. The van der Waals surface area contributed by atoms with Crippen LogP contribution in [-0.4, -0.2) is 63.1 Å². The quantitative estimate of drug-likeness (QED) is 0.474. The van der Waals surface area contributed by atoms with E-state index in [0.717, 1.165) is 30.1 Å². The van der Waals surface area contributed by atoms with Crippen LogP contribution in [0.2, 0.25) is 10.0 Å². The fourth-order valence-corrected chi connectivity index (χ4v) is 5.63. The monoisotopic (exact) mass is 524 g/mol. The highest BCUT2D eigenvalue weighted by molar-refractivity contribution is 7.89. The molecule has 0 aliphatic carbocycles. The van der Waals surface area contributed by atoms with Crippen molar-refractivity contribution in [1.82, 2.24) is 14.5 Å². The van der Waals surface area contributed by atoms with Crippen LogP contribution in [0.1, 0.15) is 36.0 Å². The van der Waals surface area contributed by atoms with Crippen LogP contribution in [0, 0.1) is 6.92 Å². The largest absolute Gasteiger partial charge is 0.368 e. The Labute approximate surface area is 211 Å². The minimum atomic E-state index is -3.74. The van der Waals surface area contributed by atoms with Gasteiger partial charge in [0.05, 0.1) is 11.6 Å². The second kappa shape index (κ2) is 11.5. The maximum atomic E-state index is 12.9. The van der Waals surface area contributed by atoms with Gasteiger partial charge in [0.2, 0.25) is 15.9 Å². The summed E-state index contributed by atoms with van der Waals surface area (Å²) in [5.41, 5.74) is 2.62. The van der Waals surface area contributed by atoms with Gasteiger partial charge in [0.25, 0.3) is 0 Å². The summed E-state index contributed by atoms with van der Waals surface area (Å²) in [5.74, 6) is 0.934. The number of halogens is 2. The van der Waals surface area contributed by atoms with E-state index in [4.69, 9.17) is 23.2 Å².